The Morgan fingerprint density at radius 3 is 0.731 bits per heavy atom. The molecular formula is C50H102CaO14S2. The molecule has 0 spiro atoms. The molecule has 14 nitrogen and oxygen atoms in total. The summed E-state index contributed by atoms with van der Waals surface area (Å²) in [4.78, 5) is 0. The molecule has 0 aliphatic heterocycles. The summed E-state index contributed by atoms with van der Waals surface area (Å²) in [5.74, 6) is 0. The monoisotopic (exact) mass is 1030 g/mol. The van der Waals surface area contributed by atoms with Crippen LogP contribution in [0.5, 0.6) is 0 Å². The van der Waals surface area contributed by atoms with Crippen molar-refractivity contribution in [2.75, 3.05) is 52.9 Å². The van der Waals surface area contributed by atoms with Gasteiger partial charge in [0.05, 0.1) is 76.3 Å². The molecule has 0 radical (unpaired) electrons. The first kappa shape index (κ1) is 72.0. The van der Waals surface area contributed by atoms with Gasteiger partial charge in [0.25, 0.3) is 0 Å². The molecule has 0 N–H and O–H groups in total. The van der Waals surface area contributed by atoms with E-state index in [-0.39, 0.29) is 75.4 Å². The third-order valence-corrected chi connectivity index (χ3v) is 12.1. The zero-order valence-electron chi connectivity index (χ0n) is 44.2. The Bertz CT molecular complexity index is 1130. The van der Waals surface area contributed by atoms with E-state index in [1.54, 1.807) is 0 Å². The molecule has 17 heteroatoms. The van der Waals surface area contributed by atoms with Crippen molar-refractivity contribution in [1.82, 2.24) is 0 Å². The van der Waals surface area contributed by atoms with Crippen LogP contribution in [0.1, 0.15) is 235 Å². The van der Waals surface area contributed by atoms with Crippen molar-refractivity contribution in [3.63, 3.8) is 0 Å². The predicted octanol–water partition coefficient (Wildman–Crippen LogP) is 11.9. The Hall–Kier alpha value is 0.760. The van der Waals surface area contributed by atoms with Crippen LogP contribution in [0.15, 0.2) is 0 Å². The van der Waals surface area contributed by atoms with Crippen LogP contribution in [0, 0.1) is 0 Å². The normalized spacial score (nSPS) is 14.7. The van der Waals surface area contributed by atoms with Crippen LogP contribution in [-0.2, 0) is 57.6 Å². The summed E-state index contributed by atoms with van der Waals surface area (Å²) in [7, 11) is -9.41. The quantitative estimate of drug-likeness (QED) is 0.0242. The summed E-state index contributed by atoms with van der Waals surface area (Å²) < 4.78 is 105. The Morgan fingerprint density at radius 1 is 0.313 bits per heavy atom. The average molecular weight is 1030 g/mol. The largest absolute Gasteiger partial charge is 2.00 e. The van der Waals surface area contributed by atoms with E-state index in [0.717, 1.165) is 26.1 Å². The second kappa shape index (κ2) is 51.7. The second-order valence-electron chi connectivity index (χ2n) is 18.5. The molecule has 0 aromatic carbocycles. The van der Waals surface area contributed by atoms with E-state index in [1.807, 2.05) is 27.7 Å². The molecule has 0 fully saturated rings. The van der Waals surface area contributed by atoms with Crippen molar-refractivity contribution in [3.05, 3.63) is 0 Å². The van der Waals surface area contributed by atoms with Gasteiger partial charge in [-0.15, -0.1) is 0 Å². The minimum atomic E-state index is -4.70. The summed E-state index contributed by atoms with van der Waals surface area (Å²) in [6.07, 6.45) is 35.5. The molecule has 0 heterocycles. The van der Waals surface area contributed by atoms with E-state index in [4.69, 9.17) is 28.4 Å². The molecule has 0 aliphatic rings. The van der Waals surface area contributed by atoms with Crippen molar-refractivity contribution in [2.24, 2.45) is 0 Å². The number of hydrogen-bond acceptors (Lipinski definition) is 14. The third kappa shape index (κ3) is 62.8. The van der Waals surface area contributed by atoms with Gasteiger partial charge in [0.1, 0.15) is 0 Å². The van der Waals surface area contributed by atoms with Gasteiger partial charge in [-0.3, -0.25) is 8.37 Å². The first-order valence-corrected chi connectivity index (χ1v) is 29.1. The van der Waals surface area contributed by atoms with E-state index < -0.39 is 33.0 Å². The molecule has 0 bridgehead atoms. The second-order valence-corrected chi connectivity index (χ2v) is 20.6. The summed E-state index contributed by atoms with van der Waals surface area (Å²) >= 11 is 0. The number of hydrogen-bond donors (Lipinski definition) is 0. The van der Waals surface area contributed by atoms with Gasteiger partial charge >= 0.3 is 37.7 Å². The zero-order valence-corrected chi connectivity index (χ0v) is 48.0. The minimum absolute atomic E-state index is 0. The van der Waals surface area contributed by atoms with Gasteiger partial charge in [0.15, 0.2) is 0 Å². The van der Waals surface area contributed by atoms with Crippen LogP contribution in [0.2, 0.25) is 0 Å². The first-order chi connectivity index (χ1) is 31.5. The van der Waals surface area contributed by atoms with Gasteiger partial charge in [0, 0.05) is 13.2 Å². The third-order valence-electron chi connectivity index (χ3n) is 11.0. The molecule has 6 atom stereocenters. The van der Waals surface area contributed by atoms with Crippen molar-refractivity contribution in [2.45, 2.75) is 272 Å². The molecule has 0 saturated carbocycles. The van der Waals surface area contributed by atoms with Crippen LogP contribution < -0.4 is 0 Å². The minimum Gasteiger partial charge on any atom is -0.726 e. The maximum Gasteiger partial charge on any atom is 2.00 e. The van der Waals surface area contributed by atoms with E-state index >= 15 is 0 Å². The van der Waals surface area contributed by atoms with Gasteiger partial charge in [-0.1, -0.05) is 181 Å². The van der Waals surface area contributed by atoms with Gasteiger partial charge in [-0.25, -0.2) is 16.8 Å². The Labute approximate surface area is 442 Å². The number of ether oxygens (including phenoxy) is 6. The van der Waals surface area contributed by atoms with Crippen LogP contribution in [-0.4, -0.2) is 153 Å². The summed E-state index contributed by atoms with van der Waals surface area (Å²) in [5, 5.41) is 0. The van der Waals surface area contributed by atoms with Crippen LogP contribution in [0.25, 0.3) is 0 Å². The number of rotatable bonds is 50. The van der Waals surface area contributed by atoms with Gasteiger partial charge in [-0.05, 0) is 54.4 Å². The molecule has 0 aromatic heterocycles. The molecule has 67 heavy (non-hydrogen) atoms. The molecule has 6 unspecified atom stereocenters. The van der Waals surface area contributed by atoms with Gasteiger partial charge in [0.2, 0.25) is 20.8 Å². The van der Waals surface area contributed by atoms with Crippen LogP contribution >= 0.6 is 0 Å². The fourth-order valence-corrected chi connectivity index (χ4v) is 8.06. The molecule has 0 aromatic rings. The van der Waals surface area contributed by atoms with Gasteiger partial charge in [-0.2, -0.15) is 0 Å². The van der Waals surface area contributed by atoms with Crippen molar-refractivity contribution in [1.29, 1.82) is 0 Å². The van der Waals surface area contributed by atoms with Crippen molar-refractivity contribution >= 4 is 58.5 Å². The molecule has 0 saturated heterocycles. The molecule has 0 aliphatic carbocycles. The SMILES string of the molecule is CCCCCCCCCCCCCCCCOCC(C)OCC(C)OCC(C)OS(=O)(=O)[O-].CCCCCCCCCCCCCCCCOCC(C)OCC(C)OCC(C)OS(=O)(=O)[O-].[Ca+2]. The maximum atomic E-state index is 10.5. The maximum absolute atomic E-state index is 10.5. The summed E-state index contributed by atoms with van der Waals surface area (Å²) in [6, 6.07) is 0. The molecule has 0 rings (SSSR count). The van der Waals surface area contributed by atoms with Gasteiger partial charge < -0.3 is 37.5 Å². The van der Waals surface area contributed by atoms with E-state index in [0.29, 0.717) is 26.4 Å². The standard InChI is InChI=1S/2C25H52O7S.Ca/c2*1-5-6-7-8-9-10-11-12-13-14-15-16-17-18-19-29-20-23(2)30-21-24(3)31-22-25(4)32-33(26,27)28;/h2*23-25H,5-22H2,1-4H3,(H,26,27,28);/q;;+2/p-2. The Balaban J connectivity index is -0.00000120. The summed E-state index contributed by atoms with van der Waals surface area (Å²) in [6.45, 7) is 18.4. The van der Waals surface area contributed by atoms with Crippen LogP contribution in [0.4, 0.5) is 0 Å². The smallest absolute Gasteiger partial charge is 0.726 e. The summed E-state index contributed by atoms with van der Waals surface area (Å²) in [5.41, 5.74) is 0. The van der Waals surface area contributed by atoms with E-state index in [9.17, 15) is 25.9 Å². The fraction of sp³-hybridized carbons (Fsp3) is 1.00. The topological polar surface area (TPSA) is 188 Å². The number of unbranched alkanes of at least 4 members (excludes halogenated alkanes) is 26. The molecule has 400 valence electrons. The fourth-order valence-electron chi connectivity index (χ4n) is 7.15. The predicted molar refractivity (Wildman–Crippen MR) is 270 cm³/mol. The first-order valence-electron chi connectivity index (χ1n) is 26.4. The van der Waals surface area contributed by atoms with Crippen molar-refractivity contribution < 1.29 is 62.7 Å². The average Bonchev–Trinajstić information content (AvgIpc) is 3.25. The zero-order chi connectivity index (χ0) is 49.6. The Kier molecular flexibility index (Phi) is 55.5. The molecular weight excluding hydrogens is 929 g/mol. The Morgan fingerprint density at radius 2 is 0.507 bits per heavy atom. The molecule has 0 amide bonds. The van der Waals surface area contributed by atoms with Crippen molar-refractivity contribution in [3.8, 4) is 0 Å². The van der Waals surface area contributed by atoms with E-state index in [1.165, 1.54) is 181 Å². The van der Waals surface area contributed by atoms with E-state index in [2.05, 4.69) is 22.2 Å². The van der Waals surface area contributed by atoms with Crippen LogP contribution in [0.3, 0.4) is 0 Å².